The lowest BCUT2D eigenvalue weighted by atomic mass is 9.93. The van der Waals surface area contributed by atoms with E-state index in [0.717, 1.165) is 47.9 Å². The molecular weight excluding hydrogens is 373 g/mol. The first-order valence-corrected chi connectivity index (χ1v) is 9.45. The summed E-state index contributed by atoms with van der Waals surface area (Å²) in [5.41, 5.74) is 3.90. The molecule has 0 saturated carbocycles. The zero-order valence-electron chi connectivity index (χ0n) is 15.7. The van der Waals surface area contributed by atoms with Crippen molar-refractivity contribution >= 4 is 11.8 Å². The smallest absolute Gasteiger partial charge is 0.284 e. The SMILES string of the molecule is FC(F)(F)c1ccccc1-c1cccc(/C=C2/CCCN=C2c2cccnc2)c1. The van der Waals surface area contributed by atoms with Gasteiger partial charge in [0.05, 0.1) is 11.3 Å². The topological polar surface area (TPSA) is 25.2 Å². The minimum Gasteiger partial charge on any atom is -0.284 e. The lowest BCUT2D eigenvalue weighted by Crippen LogP contribution is -2.11. The van der Waals surface area contributed by atoms with E-state index in [0.29, 0.717) is 5.56 Å². The molecule has 2 heterocycles. The molecule has 0 radical (unpaired) electrons. The molecule has 146 valence electrons. The first-order chi connectivity index (χ1) is 14.0. The second-order valence-electron chi connectivity index (χ2n) is 6.91. The number of halogens is 3. The van der Waals surface area contributed by atoms with Crippen molar-refractivity contribution in [3.05, 3.63) is 95.3 Å². The second-order valence-corrected chi connectivity index (χ2v) is 6.91. The first-order valence-electron chi connectivity index (χ1n) is 9.45. The van der Waals surface area contributed by atoms with Gasteiger partial charge in [0.25, 0.3) is 0 Å². The Bertz CT molecular complexity index is 1070. The van der Waals surface area contributed by atoms with Crippen LogP contribution in [0.15, 0.2) is 83.6 Å². The lowest BCUT2D eigenvalue weighted by Gasteiger charge is -2.17. The van der Waals surface area contributed by atoms with Crippen molar-refractivity contribution in [1.29, 1.82) is 0 Å². The van der Waals surface area contributed by atoms with Crippen LogP contribution in [0.5, 0.6) is 0 Å². The van der Waals surface area contributed by atoms with Gasteiger partial charge in [-0.15, -0.1) is 0 Å². The van der Waals surface area contributed by atoms with E-state index < -0.39 is 11.7 Å². The number of hydrogen-bond acceptors (Lipinski definition) is 2. The highest BCUT2D eigenvalue weighted by atomic mass is 19.4. The summed E-state index contributed by atoms with van der Waals surface area (Å²) in [6.45, 7) is 0.764. The zero-order valence-corrected chi connectivity index (χ0v) is 15.7. The summed E-state index contributed by atoms with van der Waals surface area (Å²) in [6.07, 6.45) is 2.95. The molecule has 1 aliphatic heterocycles. The summed E-state index contributed by atoms with van der Waals surface area (Å²) < 4.78 is 40.2. The number of rotatable bonds is 3. The molecule has 5 heteroatoms. The van der Waals surface area contributed by atoms with Crippen LogP contribution in [0.25, 0.3) is 17.2 Å². The predicted molar refractivity (Wildman–Crippen MR) is 110 cm³/mol. The maximum atomic E-state index is 13.4. The Labute approximate surface area is 167 Å². The third-order valence-corrected chi connectivity index (χ3v) is 4.88. The molecule has 0 amide bonds. The molecule has 0 spiro atoms. The van der Waals surface area contributed by atoms with Crippen molar-refractivity contribution in [2.24, 2.45) is 4.99 Å². The van der Waals surface area contributed by atoms with Gasteiger partial charge in [-0.1, -0.05) is 36.4 Å². The maximum absolute atomic E-state index is 13.4. The van der Waals surface area contributed by atoms with E-state index in [2.05, 4.69) is 9.98 Å². The Morgan fingerprint density at radius 1 is 0.897 bits per heavy atom. The van der Waals surface area contributed by atoms with Gasteiger partial charge >= 0.3 is 6.18 Å². The van der Waals surface area contributed by atoms with Gasteiger partial charge < -0.3 is 0 Å². The Hall–Kier alpha value is -3.21. The Morgan fingerprint density at radius 3 is 2.52 bits per heavy atom. The van der Waals surface area contributed by atoms with Gasteiger partial charge in [0, 0.05) is 24.5 Å². The lowest BCUT2D eigenvalue weighted by molar-refractivity contribution is -0.137. The molecule has 1 aromatic heterocycles. The molecule has 29 heavy (non-hydrogen) atoms. The maximum Gasteiger partial charge on any atom is 0.417 e. The largest absolute Gasteiger partial charge is 0.417 e. The van der Waals surface area contributed by atoms with Gasteiger partial charge in [-0.3, -0.25) is 9.98 Å². The monoisotopic (exact) mass is 392 g/mol. The average molecular weight is 392 g/mol. The van der Waals surface area contributed by atoms with Crippen LogP contribution in [-0.4, -0.2) is 17.2 Å². The first kappa shape index (κ1) is 19.1. The number of pyridine rings is 1. The van der Waals surface area contributed by atoms with Crippen molar-refractivity contribution in [3.63, 3.8) is 0 Å². The Kier molecular flexibility index (Phi) is 5.30. The highest BCUT2D eigenvalue weighted by Gasteiger charge is 2.33. The average Bonchev–Trinajstić information content (AvgIpc) is 2.74. The van der Waals surface area contributed by atoms with Crippen molar-refractivity contribution in [2.75, 3.05) is 6.54 Å². The number of aliphatic imine (C=N–C) groups is 1. The van der Waals surface area contributed by atoms with E-state index in [1.165, 1.54) is 12.1 Å². The van der Waals surface area contributed by atoms with E-state index in [1.807, 2.05) is 24.3 Å². The van der Waals surface area contributed by atoms with Gasteiger partial charge in [-0.2, -0.15) is 13.2 Å². The molecule has 2 aromatic carbocycles. The van der Waals surface area contributed by atoms with E-state index in [1.54, 1.807) is 36.7 Å². The summed E-state index contributed by atoms with van der Waals surface area (Å²) in [6, 6.07) is 16.7. The number of benzene rings is 2. The van der Waals surface area contributed by atoms with Crippen molar-refractivity contribution in [2.45, 2.75) is 19.0 Å². The number of allylic oxidation sites excluding steroid dienone is 1. The second kappa shape index (κ2) is 8.03. The number of hydrogen-bond donors (Lipinski definition) is 0. The fourth-order valence-corrected chi connectivity index (χ4v) is 3.58. The fourth-order valence-electron chi connectivity index (χ4n) is 3.58. The van der Waals surface area contributed by atoms with Crippen molar-refractivity contribution < 1.29 is 13.2 Å². The number of aromatic nitrogens is 1. The highest BCUT2D eigenvalue weighted by Crippen LogP contribution is 2.37. The van der Waals surface area contributed by atoms with Crippen molar-refractivity contribution in [1.82, 2.24) is 4.98 Å². The Balaban J connectivity index is 1.74. The normalized spacial score (nSPS) is 16.0. The third-order valence-electron chi connectivity index (χ3n) is 4.88. The van der Waals surface area contributed by atoms with E-state index in [4.69, 9.17) is 0 Å². The minimum atomic E-state index is -4.39. The minimum absolute atomic E-state index is 0.185. The van der Waals surface area contributed by atoms with Crippen LogP contribution in [0.4, 0.5) is 13.2 Å². The summed E-state index contributed by atoms with van der Waals surface area (Å²) in [5.74, 6) is 0. The molecular formula is C24H19F3N2. The van der Waals surface area contributed by atoms with Crippen LogP contribution in [0.1, 0.15) is 29.5 Å². The van der Waals surface area contributed by atoms with Gasteiger partial charge in [-0.05, 0) is 65.4 Å². The van der Waals surface area contributed by atoms with E-state index >= 15 is 0 Å². The van der Waals surface area contributed by atoms with E-state index in [9.17, 15) is 13.2 Å². The van der Waals surface area contributed by atoms with Gasteiger partial charge in [0.2, 0.25) is 0 Å². The van der Waals surface area contributed by atoms with Crippen LogP contribution in [0.2, 0.25) is 0 Å². The number of nitrogens with zero attached hydrogens (tertiary/aromatic N) is 2. The van der Waals surface area contributed by atoms with Crippen LogP contribution in [0, 0.1) is 0 Å². The van der Waals surface area contributed by atoms with Crippen LogP contribution < -0.4 is 0 Å². The predicted octanol–water partition coefficient (Wildman–Crippen LogP) is 6.43. The summed E-state index contributed by atoms with van der Waals surface area (Å²) in [5, 5.41) is 0. The van der Waals surface area contributed by atoms with Crippen LogP contribution in [-0.2, 0) is 6.18 Å². The van der Waals surface area contributed by atoms with Gasteiger partial charge in [0.15, 0.2) is 0 Å². The molecule has 0 aliphatic carbocycles. The molecule has 0 unspecified atom stereocenters. The molecule has 0 fully saturated rings. The van der Waals surface area contributed by atoms with Crippen LogP contribution in [0.3, 0.4) is 0 Å². The van der Waals surface area contributed by atoms with Crippen LogP contribution >= 0.6 is 0 Å². The van der Waals surface area contributed by atoms with Crippen molar-refractivity contribution in [3.8, 4) is 11.1 Å². The molecule has 0 N–H and O–H groups in total. The molecule has 0 atom stereocenters. The fraction of sp³-hybridized carbons (Fsp3) is 0.167. The Morgan fingerprint density at radius 2 is 1.72 bits per heavy atom. The molecule has 0 saturated heterocycles. The molecule has 3 aromatic rings. The quantitative estimate of drug-likeness (QED) is 0.504. The van der Waals surface area contributed by atoms with E-state index in [-0.39, 0.29) is 5.56 Å². The molecule has 2 nitrogen and oxygen atoms in total. The zero-order chi connectivity index (χ0) is 20.3. The van der Waals surface area contributed by atoms with Gasteiger partial charge in [0.1, 0.15) is 0 Å². The van der Waals surface area contributed by atoms with Gasteiger partial charge in [-0.25, -0.2) is 0 Å². The summed E-state index contributed by atoms with van der Waals surface area (Å²) >= 11 is 0. The molecule has 1 aliphatic rings. The number of alkyl halides is 3. The molecule has 0 bridgehead atoms. The summed E-state index contributed by atoms with van der Waals surface area (Å²) in [7, 11) is 0. The third kappa shape index (κ3) is 4.29. The standard InChI is InChI=1S/C24H19F3N2/c25-24(26,27)22-11-2-1-10-21(22)18-7-3-6-17(14-18)15-19-8-5-13-29-23(19)20-9-4-12-28-16-20/h1-4,6-7,9-12,14-16H,5,8,13H2/b19-15-. The summed E-state index contributed by atoms with van der Waals surface area (Å²) in [4.78, 5) is 8.84. The highest BCUT2D eigenvalue weighted by molar-refractivity contribution is 6.15. The molecule has 4 rings (SSSR count).